The second-order valence-corrected chi connectivity index (χ2v) is 4.87. The van der Waals surface area contributed by atoms with Crippen LogP contribution in [0.15, 0.2) is 12.1 Å². The molecule has 18 heavy (non-hydrogen) atoms. The van der Waals surface area contributed by atoms with Gasteiger partial charge in [-0.05, 0) is 49.0 Å². The summed E-state index contributed by atoms with van der Waals surface area (Å²) in [5.41, 5.74) is 1.30. The standard InChI is InChI=1S/C14H19NO3/c1-3-15-7-10-4-11(10)9-5-12(16-2)14-13(6-9)17-8-18-14/h5-6,10-11,15H,3-4,7-8H2,1-2H3. The van der Waals surface area contributed by atoms with Crippen LogP contribution in [0.4, 0.5) is 0 Å². The molecule has 0 saturated heterocycles. The molecule has 1 aromatic rings. The Bertz CT molecular complexity index is 447. The number of nitrogens with one attached hydrogen (secondary N) is 1. The van der Waals surface area contributed by atoms with E-state index in [0.29, 0.717) is 12.7 Å². The number of hydrogen-bond acceptors (Lipinski definition) is 4. The van der Waals surface area contributed by atoms with Crippen molar-refractivity contribution in [3.63, 3.8) is 0 Å². The average molecular weight is 249 g/mol. The highest BCUT2D eigenvalue weighted by atomic mass is 16.7. The number of hydrogen-bond donors (Lipinski definition) is 1. The molecule has 1 heterocycles. The monoisotopic (exact) mass is 249 g/mol. The second kappa shape index (κ2) is 4.69. The van der Waals surface area contributed by atoms with Gasteiger partial charge in [-0.2, -0.15) is 0 Å². The van der Waals surface area contributed by atoms with E-state index in [-0.39, 0.29) is 0 Å². The van der Waals surface area contributed by atoms with Crippen molar-refractivity contribution >= 4 is 0 Å². The van der Waals surface area contributed by atoms with E-state index in [9.17, 15) is 0 Å². The van der Waals surface area contributed by atoms with Gasteiger partial charge in [-0.15, -0.1) is 0 Å². The first kappa shape index (κ1) is 11.7. The largest absolute Gasteiger partial charge is 0.493 e. The van der Waals surface area contributed by atoms with Crippen molar-refractivity contribution in [2.45, 2.75) is 19.3 Å². The van der Waals surface area contributed by atoms with E-state index in [0.717, 1.165) is 36.3 Å². The van der Waals surface area contributed by atoms with Crippen molar-refractivity contribution in [2.24, 2.45) is 5.92 Å². The molecule has 1 aromatic carbocycles. The van der Waals surface area contributed by atoms with Gasteiger partial charge in [0.2, 0.25) is 12.5 Å². The molecule has 1 aliphatic heterocycles. The molecule has 0 aromatic heterocycles. The third-order valence-corrected chi connectivity index (χ3v) is 3.69. The van der Waals surface area contributed by atoms with Crippen LogP contribution in [-0.2, 0) is 0 Å². The fraction of sp³-hybridized carbons (Fsp3) is 0.571. The molecule has 0 bridgehead atoms. The van der Waals surface area contributed by atoms with Crippen LogP contribution in [-0.4, -0.2) is 27.0 Å². The van der Waals surface area contributed by atoms with Crippen molar-refractivity contribution in [2.75, 3.05) is 27.0 Å². The van der Waals surface area contributed by atoms with Gasteiger partial charge >= 0.3 is 0 Å². The molecule has 0 amide bonds. The van der Waals surface area contributed by atoms with Gasteiger partial charge in [0.1, 0.15) is 0 Å². The fourth-order valence-corrected chi connectivity index (χ4v) is 2.58. The summed E-state index contributed by atoms with van der Waals surface area (Å²) in [7, 11) is 1.67. The van der Waals surface area contributed by atoms with Crippen molar-refractivity contribution in [3.8, 4) is 17.2 Å². The van der Waals surface area contributed by atoms with Crippen LogP contribution in [0.1, 0.15) is 24.8 Å². The summed E-state index contributed by atoms with van der Waals surface area (Å²) in [5, 5.41) is 3.40. The van der Waals surface area contributed by atoms with Gasteiger partial charge in [-0.25, -0.2) is 0 Å². The molecule has 1 saturated carbocycles. The Morgan fingerprint density at radius 1 is 1.39 bits per heavy atom. The average Bonchev–Trinajstić information content (AvgIpc) is 3.02. The van der Waals surface area contributed by atoms with Crippen LogP contribution in [0.2, 0.25) is 0 Å². The maximum atomic E-state index is 5.46. The normalized spacial score (nSPS) is 24.1. The van der Waals surface area contributed by atoms with Gasteiger partial charge in [0, 0.05) is 0 Å². The molecule has 4 nitrogen and oxygen atoms in total. The third-order valence-electron chi connectivity index (χ3n) is 3.69. The van der Waals surface area contributed by atoms with Gasteiger partial charge in [0.25, 0.3) is 0 Å². The lowest BCUT2D eigenvalue weighted by molar-refractivity contribution is 0.171. The SMILES string of the molecule is CCNCC1CC1c1cc(OC)c2c(c1)OCO2. The zero-order valence-corrected chi connectivity index (χ0v) is 10.9. The first-order valence-corrected chi connectivity index (χ1v) is 6.51. The number of rotatable bonds is 5. The molecule has 0 spiro atoms. The van der Waals surface area contributed by atoms with E-state index in [1.54, 1.807) is 7.11 Å². The lowest BCUT2D eigenvalue weighted by atomic mass is 10.1. The molecule has 1 fully saturated rings. The Hall–Kier alpha value is -1.42. The number of methoxy groups -OCH3 is 1. The van der Waals surface area contributed by atoms with Gasteiger partial charge in [-0.3, -0.25) is 0 Å². The summed E-state index contributed by atoms with van der Waals surface area (Å²) in [5.74, 6) is 3.72. The van der Waals surface area contributed by atoms with Gasteiger partial charge in [0.05, 0.1) is 7.11 Å². The Kier molecular flexibility index (Phi) is 3.04. The summed E-state index contributed by atoms with van der Waals surface area (Å²) >= 11 is 0. The number of fused-ring (bicyclic) bond motifs is 1. The van der Waals surface area contributed by atoms with E-state index in [4.69, 9.17) is 14.2 Å². The zero-order chi connectivity index (χ0) is 12.5. The van der Waals surface area contributed by atoms with Crippen LogP contribution in [0.25, 0.3) is 0 Å². The van der Waals surface area contributed by atoms with E-state index in [1.165, 1.54) is 12.0 Å². The highest BCUT2D eigenvalue weighted by Gasteiger charge is 2.39. The van der Waals surface area contributed by atoms with Gasteiger partial charge in [0.15, 0.2) is 11.5 Å². The van der Waals surface area contributed by atoms with Crippen molar-refractivity contribution in [1.29, 1.82) is 0 Å². The van der Waals surface area contributed by atoms with Crippen LogP contribution in [0, 0.1) is 5.92 Å². The first-order chi connectivity index (χ1) is 8.83. The predicted molar refractivity (Wildman–Crippen MR) is 68.5 cm³/mol. The number of benzene rings is 1. The minimum Gasteiger partial charge on any atom is -0.493 e. The molecule has 2 aliphatic rings. The predicted octanol–water partition coefficient (Wildman–Crippen LogP) is 2.14. The first-order valence-electron chi connectivity index (χ1n) is 6.51. The van der Waals surface area contributed by atoms with E-state index in [1.807, 2.05) is 0 Å². The van der Waals surface area contributed by atoms with Crippen molar-refractivity contribution in [1.82, 2.24) is 5.32 Å². The van der Waals surface area contributed by atoms with Gasteiger partial charge in [-0.1, -0.05) is 6.92 Å². The summed E-state index contributed by atoms with van der Waals surface area (Å²) in [6.07, 6.45) is 1.25. The maximum Gasteiger partial charge on any atom is 0.231 e. The third kappa shape index (κ3) is 2.01. The Balaban J connectivity index is 1.78. The van der Waals surface area contributed by atoms with Crippen molar-refractivity contribution in [3.05, 3.63) is 17.7 Å². The maximum absolute atomic E-state index is 5.46. The highest BCUT2D eigenvalue weighted by molar-refractivity contribution is 5.56. The van der Waals surface area contributed by atoms with E-state index < -0.39 is 0 Å². The summed E-state index contributed by atoms with van der Waals surface area (Å²) in [4.78, 5) is 0. The smallest absolute Gasteiger partial charge is 0.231 e. The van der Waals surface area contributed by atoms with E-state index in [2.05, 4.69) is 24.4 Å². The van der Waals surface area contributed by atoms with Crippen LogP contribution in [0.3, 0.4) is 0 Å². The van der Waals surface area contributed by atoms with Crippen LogP contribution in [0.5, 0.6) is 17.2 Å². The topological polar surface area (TPSA) is 39.7 Å². The molecular formula is C14H19NO3. The summed E-state index contributed by atoms with van der Waals surface area (Å²) in [6.45, 7) is 4.56. The molecule has 4 heteroatoms. The number of ether oxygens (including phenoxy) is 3. The minimum atomic E-state index is 0.292. The molecule has 3 rings (SSSR count). The fourth-order valence-electron chi connectivity index (χ4n) is 2.58. The lowest BCUT2D eigenvalue weighted by Crippen LogP contribution is -2.16. The highest BCUT2D eigenvalue weighted by Crippen LogP contribution is 2.51. The molecule has 1 N–H and O–H groups in total. The molecule has 98 valence electrons. The molecule has 2 unspecified atom stereocenters. The zero-order valence-electron chi connectivity index (χ0n) is 10.9. The molecule has 0 radical (unpaired) electrons. The summed E-state index contributed by atoms with van der Waals surface area (Å²) < 4.78 is 16.2. The quantitative estimate of drug-likeness (QED) is 0.868. The minimum absolute atomic E-state index is 0.292. The van der Waals surface area contributed by atoms with E-state index >= 15 is 0 Å². The lowest BCUT2D eigenvalue weighted by Gasteiger charge is -2.08. The van der Waals surface area contributed by atoms with Crippen LogP contribution >= 0.6 is 0 Å². The molecular weight excluding hydrogens is 230 g/mol. The Labute approximate surface area is 107 Å². The van der Waals surface area contributed by atoms with Crippen molar-refractivity contribution < 1.29 is 14.2 Å². The molecule has 2 atom stereocenters. The summed E-state index contributed by atoms with van der Waals surface area (Å²) in [6, 6.07) is 4.19. The second-order valence-electron chi connectivity index (χ2n) is 4.87. The van der Waals surface area contributed by atoms with Gasteiger partial charge < -0.3 is 19.5 Å². The molecule has 1 aliphatic carbocycles. The Morgan fingerprint density at radius 2 is 2.28 bits per heavy atom. The van der Waals surface area contributed by atoms with Crippen LogP contribution < -0.4 is 19.5 Å². The Morgan fingerprint density at radius 3 is 3.06 bits per heavy atom.